The van der Waals surface area contributed by atoms with Gasteiger partial charge in [0.1, 0.15) is 11.5 Å². The zero-order valence-corrected chi connectivity index (χ0v) is 11.1. The van der Waals surface area contributed by atoms with Crippen molar-refractivity contribution in [2.75, 3.05) is 0 Å². The third kappa shape index (κ3) is 2.72. The minimum Gasteiger partial charge on any atom is -0.296 e. The predicted octanol–water partition coefficient (Wildman–Crippen LogP) is 2.95. The van der Waals surface area contributed by atoms with Crippen LogP contribution in [-0.2, 0) is 6.54 Å². The fourth-order valence-electron chi connectivity index (χ4n) is 2.12. The van der Waals surface area contributed by atoms with Crippen LogP contribution in [0.5, 0.6) is 0 Å². The number of nitrogens with zero attached hydrogens (tertiary/aromatic N) is 3. The molecule has 0 atom stereocenters. The highest BCUT2D eigenvalue weighted by Crippen LogP contribution is 2.19. The van der Waals surface area contributed by atoms with E-state index in [9.17, 15) is 9.18 Å². The van der Waals surface area contributed by atoms with Gasteiger partial charge in [0.15, 0.2) is 6.29 Å². The summed E-state index contributed by atoms with van der Waals surface area (Å²) in [4.78, 5) is 15.2. The van der Waals surface area contributed by atoms with Gasteiger partial charge >= 0.3 is 0 Å². The minimum absolute atomic E-state index is 0.242. The molecule has 0 bridgehead atoms. The van der Waals surface area contributed by atoms with Gasteiger partial charge in [0.25, 0.3) is 0 Å². The molecule has 2 aromatic heterocycles. The Morgan fingerprint density at radius 1 is 1.14 bits per heavy atom. The lowest BCUT2D eigenvalue weighted by Gasteiger charge is -2.07. The van der Waals surface area contributed by atoms with Gasteiger partial charge in [-0.1, -0.05) is 24.3 Å². The summed E-state index contributed by atoms with van der Waals surface area (Å²) in [5.74, 6) is -0.298. The van der Waals surface area contributed by atoms with E-state index in [0.29, 0.717) is 28.9 Å². The molecular formula is C16H12FN3O. The number of pyridine rings is 1. The molecule has 0 amide bonds. The molecule has 21 heavy (non-hydrogen) atoms. The first kappa shape index (κ1) is 13.2. The summed E-state index contributed by atoms with van der Waals surface area (Å²) in [6, 6.07) is 13.6. The van der Waals surface area contributed by atoms with Crippen LogP contribution < -0.4 is 0 Å². The third-order valence-corrected chi connectivity index (χ3v) is 3.12. The first-order valence-corrected chi connectivity index (χ1v) is 6.46. The summed E-state index contributed by atoms with van der Waals surface area (Å²) in [7, 11) is 0. The fraction of sp³-hybridized carbons (Fsp3) is 0.0625. The Morgan fingerprint density at radius 3 is 2.67 bits per heavy atom. The molecule has 3 rings (SSSR count). The molecule has 4 nitrogen and oxygen atoms in total. The van der Waals surface area contributed by atoms with Gasteiger partial charge in [0.2, 0.25) is 0 Å². The maximum absolute atomic E-state index is 13.8. The summed E-state index contributed by atoms with van der Waals surface area (Å²) < 4.78 is 15.4. The third-order valence-electron chi connectivity index (χ3n) is 3.12. The number of aldehydes is 1. The Labute approximate surface area is 120 Å². The van der Waals surface area contributed by atoms with Crippen LogP contribution in [0.25, 0.3) is 11.4 Å². The molecule has 0 aliphatic heterocycles. The van der Waals surface area contributed by atoms with Crippen LogP contribution in [0.15, 0.2) is 54.7 Å². The molecule has 0 unspecified atom stereocenters. The molecule has 0 radical (unpaired) electrons. The van der Waals surface area contributed by atoms with Gasteiger partial charge in [0.05, 0.1) is 17.9 Å². The average Bonchev–Trinajstić information content (AvgIpc) is 2.93. The van der Waals surface area contributed by atoms with Gasteiger partial charge in [-0.3, -0.25) is 14.5 Å². The number of halogens is 1. The first-order valence-electron chi connectivity index (χ1n) is 6.46. The number of benzene rings is 1. The van der Waals surface area contributed by atoms with E-state index in [2.05, 4.69) is 10.1 Å². The fourth-order valence-corrected chi connectivity index (χ4v) is 2.12. The zero-order chi connectivity index (χ0) is 14.7. The van der Waals surface area contributed by atoms with Crippen molar-refractivity contribution < 1.29 is 9.18 Å². The van der Waals surface area contributed by atoms with Crippen molar-refractivity contribution in [1.29, 1.82) is 0 Å². The lowest BCUT2D eigenvalue weighted by molar-refractivity contribution is 0.111. The van der Waals surface area contributed by atoms with Crippen molar-refractivity contribution in [3.63, 3.8) is 0 Å². The van der Waals surface area contributed by atoms with E-state index in [-0.39, 0.29) is 12.4 Å². The molecule has 0 fully saturated rings. The summed E-state index contributed by atoms with van der Waals surface area (Å²) in [6.45, 7) is 0.242. The largest absolute Gasteiger partial charge is 0.296 e. The van der Waals surface area contributed by atoms with Crippen molar-refractivity contribution in [2.45, 2.75) is 6.54 Å². The molecule has 5 heteroatoms. The maximum Gasteiger partial charge on any atom is 0.170 e. The van der Waals surface area contributed by atoms with Crippen molar-refractivity contribution in [1.82, 2.24) is 14.8 Å². The maximum atomic E-state index is 13.8. The van der Waals surface area contributed by atoms with E-state index in [1.54, 1.807) is 35.1 Å². The lowest BCUT2D eigenvalue weighted by Crippen LogP contribution is -2.06. The number of rotatable bonds is 4. The number of aromatic nitrogens is 3. The Kier molecular flexibility index (Phi) is 3.55. The molecular weight excluding hydrogens is 269 g/mol. The Balaban J connectivity index is 2.04. The van der Waals surface area contributed by atoms with E-state index in [4.69, 9.17) is 0 Å². The average molecular weight is 281 g/mol. The van der Waals surface area contributed by atoms with Gasteiger partial charge in [-0.2, -0.15) is 5.10 Å². The molecule has 104 valence electrons. The molecule has 3 aromatic rings. The van der Waals surface area contributed by atoms with E-state index < -0.39 is 0 Å². The molecule has 0 saturated heterocycles. The Morgan fingerprint density at radius 2 is 1.95 bits per heavy atom. The second-order valence-corrected chi connectivity index (χ2v) is 4.54. The predicted molar refractivity (Wildman–Crippen MR) is 76.3 cm³/mol. The van der Waals surface area contributed by atoms with Crippen molar-refractivity contribution >= 4 is 6.29 Å². The van der Waals surface area contributed by atoms with E-state index in [0.717, 1.165) is 0 Å². The van der Waals surface area contributed by atoms with E-state index >= 15 is 0 Å². The highest BCUT2D eigenvalue weighted by Gasteiger charge is 2.12. The van der Waals surface area contributed by atoms with Crippen LogP contribution in [-0.4, -0.2) is 21.1 Å². The van der Waals surface area contributed by atoms with Crippen LogP contribution in [0.2, 0.25) is 0 Å². The second kappa shape index (κ2) is 5.66. The van der Waals surface area contributed by atoms with Gasteiger partial charge in [0, 0.05) is 11.8 Å². The van der Waals surface area contributed by atoms with E-state index in [1.165, 1.54) is 6.07 Å². The van der Waals surface area contributed by atoms with Crippen LogP contribution in [0.3, 0.4) is 0 Å². The van der Waals surface area contributed by atoms with Crippen LogP contribution >= 0.6 is 0 Å². The van der Waals surface area contributed by atoms with Crippen LogP contribution in [0.1, 0.15) is 16.1 Å². The molecule has 0 spiro atoms. The Bertz CT molecular complexity index is 768. The summed E-state index contributed by atoms with van der Waals surface area (Å²) in [5, 5.41) is 4.18. The highest BCUT2D eigenvalue weighted by atomic mass is 19.1. The Hall–Kier alpha value is -2.82. The molecule has 2 heterocycles. The van der Waals surface area contributed by atoms with Crippen molar-refractivity contribution in [2.24, 2.45) is 0 Å². The summed E-state index contributed by atoms with van der Waals surface area (Å²) >= 11 is 0. The molecule has 1 aromatic carbocycles. The van der Waals surface area contributed by atoms with Crippen LogP contribution in [0.4, 0.5) is 4.39 Å². The number of carbonyl (C=O) groups is 1. The van der Waals surface area contributed by atoms with Crippen molar-refractivity contribution in [3.05, 3.63) is 71.8 Å². The number of hydrogen-bond donors (Lipinski definition) is 0. The van der Waals surface area contributed by atoms with Gasteiger partial charge in [-0.25, -0.2) is 4.39 Å². The summed E-state index contributed by atoms with van der Waals surface area (Å²) in [5.41, 5.74) is 2.18. The SMILES string of the molecule is O=Cc1cc(-c2ccccn2)n(Cc2ccccc2F)n1. The quantitative estimate of drug-likeness (QED) is 0.691. The topological polar surface area (TPSA) is 47.8 Å². The number of carbonyl (C=O) groups excluding carboxylic acids is 1. The molecule has 0 aliphatic rings. The van der Waals surface area contributed by atoms with Gasteiger partial charge < -0.3 is 0 Å². The molecule has 0 saturated carbocycles. The van der Waals surface area contributed by atoms with Gasteiger partial charge in [-0.15, -0.1) is 0 Å². The number of hydrogen-bond acceptors (Lipinski definition) is 3. The smallest absolute Gasteiger partial charge is 0.170 e. The zero-order valence-electron chi connectivity index (χ0n) is 11.1. The lowest BCUT2D eigenvalue weighted by atomic mass is 10.2. The van der Waals surface area contributed by atoms with Gasteiger partial charge in [-0.05, 0) is 24.3 Å². The molecule has 0 N–H and O–H groups in total. The van der Waals surface area contributed by atoms with E-state index in [1.807, 2.05) is 18.2 Å². The molecule has 0 aliphatic carbocycles. The highest BCUT2D eigenvalue weighted by molar-refractivity contribution is 5.74. The minimum atomic E-state index is -0.298. The first-order chi connectivity index (χ1) is 10.3. The standard InChI is InChI=1S/C16H12FN3O/c17-14-6-2-1-5-12(14)10-20-16(9-13(11-21)19-20)15-7-3-4-8-18-15/h1-9,11H,10H2. The summed E-state index contributed by atoms with van der Waals surface area (Å²) in [6.07, 6.45) is 2.33. The van der Waals surface area contributed by atoms with Crippen LogP contribution in [0, 0.1) is 5.82 Å². The monoisotopic (exact) mass is 281 g/mol. The second-order valence-electron chi connectivity index (χ2n) is 4.54. The van der Waals surface area contributed by atoms with Crippen molar-refractivity contribution in [3.8, 4) is 11.4 Å². The normalized spacial score (nSPS) is 10.5.